The zero-order valence-electron chi connectivity index (χ0n) is 18.1. The molecule has 1 heterocycles. The highest BCUT2D eigenvalue weighted by Crippen LogP contribution is 2.29. The molecule has 0 bridgehead atoms. The number of carbonyl (C=O) groups excluding carboxylic acids is 1. The predicted octanol–water partition coefficient (Wildman–Crippen LogP) is 4.98. The highest BCUT2D eigenvalue weighted by atomic mass is 16.5. The van der Waals surface area contributed by atoms with Gasteiger partial charge in [0.1, 0.15) is 18.1 Å². The molecule has 0 aliphatic carbocycles. The molecule has 1 fully saturated rings. The maximum atomic E-state index is 12.7. The second-order valence-electron chi connectivity index (χ2n) is 7.56. The van der Waals surface area contributed by atoms with Gasteiger partial charge in [0.2, 0.25) is 0 Å². The number of methoxy groups -OCH3 is 1. The number of carbonyl (C=O) groups is 1. The van der Waals surface area contributed by atoms with Crippen LogP contribution >= 0.6 is 0 Å². The molecule has 1 N–H and O–H groups in total. The first-order chi connectivity index (χ1) is 15.7. The van der Waals surface area contributed by atoms with Crippen molar-refractivity contribution in [3.8, 4) is 23.0 Å². The highest BCUT2D eigenvalue weighted by molar-refractivity contribution is 5.94. The van der Waals surface area contributed by atoms with Crippen molar-refractivity contribution in [3.05, 3.63) is 83.9 Å². The zero-order valence-corrected chi connectivity index (χ0v) is 18.1. The smallest absolute Gasteiger partial charge is 0.251 e. The first-order valence-corrected chi connectivity index (χ1v) is 10.7. The third kappa shape index (κ3) is 5.80. The molecule has 1 atom stereocenters. The number of nitrogens with one attached hydrogen (secondary N) is 1. The van der Waals surface area contributed by atoms with Crippen LogP contribution in [0.1, 0.15) is 28.8 Å². The molecule has 166 valence electrons. The van der Waals surface area contributed by atoms with Gasteiger partial charge in [0.25, 0.3) is 5.91 Å². The lowest BCUT2D eigenvalue weighted by Gasteiger charge is -2.15. The molecule has 6 nitrogen and oxygen atoms in total. The second kappa shape index (κ2) is 10.7. The van der Waals surface area contributed by atoms with Gasteiger partial charge in [0, 0.05) is 18.7 Å². The quantitative estimate of drug-likeness (QED) is 0.516. The van der Waals surface area contributed by atoms with Crippen molar-refractivity contribution >= 4 is 5.91 Å². The van der Waals surface area contributed by atoms with Crippen LogP contribution in [0, 0.1) is 0 Å². The topological polar surface area (TPSA) is 66.0 Å². The maximum absolute atomic E-state index is 12.7. The van der Waals surface area contributed by atoms with Crippen LogP contribution in [0.15, 0.2) is 72.8 Å². The molecule has 1 aliphatic heterocycles. The third-order valence-electron chi connectivity index (χ3n) is 5.20. The van der Waals surface area contributed by atoms with E-state index < -0.39 is 0 Å². The van der Waals surface area contributed by atoms with E-state index in [4.69, 9.17) is 18.9 Å². The largest absolute Gasteiger partial charge is 0.493 e. The minimum absolute atomic E-state index is 0.139. The van der Waals surface area contributed by atoms with E-state index in [1.165, 1.54) is 0 Å². The lowest BCUT2D eigenvalue weighted by molar-refractivity contribution is 0.0669. The van der Waals surface area contributed by atoms with E-state index in [1.807, 2.05) is 54.6 Å². The average Bonchev–Trinajstić information content (AvgIpc) is 3.36. The van der Waals surface area contributed by atoms with Crippen molar-refractivity contribution in [2.45, 2.75) is 25.5 Å². The van der Waals surface area contributed by atoms with Crippen molar-refractivity contribution in [1.82, 2.24) is 5.32 Å². The van der Waals surface area contributed by atoms with Crippen LogP contribution in [-0.2, 0) is 11.3 Å². The monoisotopic (exact) mass is 433 g/mol. The van der Waals surface area contributed by atoms with Crippen LogP contribution < -0.4 is 19.5 Å². The van der Waals surface area contributed by atoms with Crippen molar-refractivity contribution in [1.29, 1.82) is 0 Å². The van der Waals surface area contributed by atoms with E-state index in [-0.39, 0.29) is 12.0 Å². The minimum Gasteiger partial charge on any atom is -0.493 e. The highest BCUT2D eigenvalue weighted by Gasteiger charge is 2.17. The van der Waals surface area contributed by atoms with E-state index >= 15 is 0 Å². The van der Waals surface area contributed by atoms with Crippen LogP contribution in [0.5, 0.6) is 23.0 Å². The summed E-state index contributed by atoms with van der Waals surface area (Å²) in [6.07, 6.45) is 2.23. The SMILES string of the molecule is COc1cc(CNC(=O)c2cccc(Oc3ccccc3)c2)ccc1OCC1CCCO1. The van der Waals surface area contributed by atoms with Crippen LogP contribution in [0.2, 0.25) is 0 Å². The Hall–Kier alpha value is -3.51. The molecule has 32 heavy (non-hydrogen) atoms. The molecule has 4 rings (SSSR count). The van der Waals surface area contributed by atoms with Gasteiger partial charge >= 0.3 is 0 Å². The van der Waals surface area contributed by atoms with Gasteiger partial charge in [-0.2, -0.15) is 0 Å². The Kier molecular flexibility index (Phi) is 7.25. The number of amides is 1. The zero-order chi connectivity index (χ0) is 22.2. The summed E-state index contributed by atoms with van der Waals surface area (Å²) in [5, 5.41) is 2.94. The number of hydrogen-bond donors (Lipinski definition) is 1. The summed E-state index contributed by atoms with van der Waals surface area (Å²) < 4.78 is 22.8. The fourth-order valence-corrected chi connectivity index (χ4v) is 3.51. The molecule has 0 spiro atoms. The molecule has 3 aromatic rings. The summed E-state index contributed by atoms with van der Waals surface area (Å²) in [4.78, 5) is 12.7. The summed E-state index contributed by atoms with van der Waals surface area (Å²) >= 11 is 0. The number of para-hydroxylation sites is 1. The van der Waals surface area contributed by atoms with E-state index in [0.717, 1.165) is 30.8 Å². The van der Waals surface area contributed by atoms with Crippen LogP contribution in [-0.4, -0.2) is 32.3 Å². The van der Waals surface area contributed by atoms with E-state index in [0.29, 0.717) is 36.0 Å². The van der Waals surface area contributed by atoms with Gasteiger partial charge in [0.15, 0.2) is 11.5 Å². The number of ether oxygens (including phenoxy) is 4. The van der Waals surface area contributed by atoms with Crippen LogP contribution in [0.25, 0.3) is 0 Å². The van der Waals surface area contributed by atoms with Gasteiger partial charge in [-0.1, -0.05) is 30.3 Å². The molecule has 6 heteroatoms. The van der Waals surface area contributed by atoms with E-state index in [9.17, 15) is 4.79 Å². The van der Waals surface area contributed by atoms with Crippen molar-refractivity contribution in [2.24, 2.45) is 0 Å². The molecule has 1 amide bonds. The van der Waals surface area contributed by atoms with Gasteiger partial charge in [-0.15, -0.1) is 0 Å². The Balaban J connectivity index is 1.34. The van der Waals surface area contributed by atoms with Crippen molar-refractivity contribution in [3.63, 3.8) is 0 Å². The fraction of sp³-hybridized carbons (Fsp3) is 0.269. The molecule has 1 aliphatic rings. The Morgan fingerprint density at radius 1 is 1.00 bits per heavy atom. The number of benzene rings is 3. The molecular formula is C26H27NO5. The molecule has 0 radical (unpaired) electrons. The summed E-state index contributed by atoms with van der Waals surface area (Å²) in [6, 6.07) is 22.2. The summed E-state index contributed by atoms with van der Waals surface area (Å²) in [6.45, 7) is 1.67. The summed E-state index contributed by atoms with van der Waals surface area (Å²) in [5.74, 6) is 2.45. The lowest BCUT2D eigenvalue weighted by Crippen LogP contribution is -2.22. The molecule has 0 saturated carbocycles. The van der Waals surface area contributed by atoms with Crippen LogP contribution in [0.3, 0.4) is 0 Å². The molecule has 3 aromatic carbocycles. The molecule has 0 aromatic heterocycles. The van der Waals surface area contributed by atoms with Crippen LogP contribution in [0.4, 0.5) is 0 Å². The van der Waals surface area contributed by atoms with Crippen molar-refractivity contribution < 1.29 is 23.7 Å². The number of hydrogen-bond acceptors (Lipinski definition) is 5. The Morgan fingerprint density at radius 2 is 1.84 bits per heavy atom. The minimum atomic E-state index is -0.179. The lowest BCUT2D eigenvalue weighted by atomic mass is 10.1. The summed E-state index contributed by atoms with van der Waals surface area (Å²) in [5.41, 5.74) is 1.44. The molecule has 1 unspecified atom stereocenters. The predicted molar refractivity (Wildman–Crippen MR) is 122 cm³/mol. The molecule has 1 saturated heterocycles. The Morgan fingerprint density at radius 3 is 2.62 bits per heavy atom. The van der Waals surface area contributed by atoms with Crippen molar-refractivity contribution in [2.75, 3.05) is 20.3 Å². The number of rotatable bonds is 9. The third-order valence-corrected chi connectivity index (χ3v) is 5.20. The Bertz CT molecular complexity index is 1030. The standard InChI is InChI=1S/C26H27NO5/c1-29-25-15-19(12-13-24(25)31-18-23-11-6-14-30-23)17-27-26(28)20-7-5-10-22(16-20)32-21-8-3-2-4-9-21/h2-5,7-10,12-13,15-16,23H,6,11,14,17-18H2,1H3,(H,27,28). The van der Waals surface area contributed by atoms with Gasteiger partial charge < -0.3 is 24.3 Å². The Labute approximate surface area is 188 Å². The van der Waals surface area contributed by atoms with Gasteiger partial charge in [-0.05, 0) is 60.9 Å². The molecular weight excluding hydrogens is 406 g/mol. The van der Waals surface area contributed by atoms with Gasteiger partial charge in [0.05, 0.1) is 13.2 Å². The second-order valence-corrected chi connectivity index (χ2v) is 7.56. The fourth-order valence-electron chi connectivity index (χ4n) is 3.51. The maximum Gasteiger partial charge on any atom is 0.251 e. The normalized spacial score (nSPS) is 15.2. The van der Waals surface area contributed by atoms with Gasteiger partial charge in [-0.3, -0.25) is 4.79 Å². The van der Waals surface area contributed by atoms with Gasteiger partial charge in [-0.25, -0.2) is 0 Å². The van der Waals surface area contributed by atoms with E-state index in [2.05, 4.69) is 5.32 Å². The van der Waals surface area contributed by atoms with E-state index in [1.54, 1.807) is 25.3 Å². The summed E-state index contributed by atoms with van der Waals surface area (Å²) in [7, 11) is 1.61. The first-order valence-electron chi connectivity index (χ1n) is 10.7. The average molecular weight is 434 g/mol. The first kappa shape index (κ1) is 21.7.